The van der Waals surface area contributed by atoms with Crippen molar-refractivity contribution in [1.29, 1.82) is 0 Å². The Morgan fingerprint density at radius 2 is 1.10 bits per heavy atom. The van der Waals surface area contributed by atoms with Crippen LogP contribution in [0.2, 0.25) is 0 Å². The monoisotopic (exact) mass is 681 g/mol. The van der Waals surface area contributed by atoms with Crippen LogP contribution in [0.15, 0.2) is 48.5 Å². The predicted octanol–water partition coefficient (Wildman–Crippen LogP) is 6.89. The van der Waals surface area contributed by atoms with Crippen LogP contribution in [0.3, 0.4) is 0 Å². The van der Waals surface area contributed by atoms with Crippen molar-refractivity contribution in [2.75, 3.05) is 69.7 Å². The molecule has 4 saturated heterocycles. The van der Waals surface area contributed by atoms with Gasteiger partial charge in [0.15, 0.2) is 0 Å². The smallest absolute Gasteiger partial charge is 0.0623 e. The first-order valence-electron chi connectivity index (χ1n) is 19.5. The van der Waals surface area contributed by atoms with Gasteiger partial charge in [-0.25, -0.2) is 0 Å². The Balaban J connectivity index is 0.000000179. The predicted molar refractivity (Wildman–Crippen MR) is 210 cm³/mol. The summed E-state index contributed by atoms with van der Waals surface area (Å²) in [6, 6.07) is 19.4. The van der Waals surface area contributed by atoms with Gasteiger partial charge >= 0.3 is 0 Å². The van der Waals surface area contributed by atoms with Gasteiger partial charge in [-0.15, -0.1) is 0 Å². The summed E-state index contributed by atoms with van der Waals surface area (Å²) >= 11 is 0. The van der Waals surface area contributed by atoms with Gasteiger partial charge in [0.1, 0.15) is 0 Å². The molecule has 4 aliphatic heterocycles. The number of para-hydroxylation sites is 2. The molecule has 6 rings (SSSR count). The zero-order valence-electron chi connectivity index (χ0n) is 31.9. The number of nitrogens with one attached hydrogen (secondary N) is 6. The highest BCUT2D eigenvalue weighted by Crippen LogP contribution is 2.20. The minimum absolute atomic E-state index is 0.377. The topological polar surface area (TPSA) is 90.6 Å². The number of rotatable bonds is 13. The van der Waals surface area contributed by atoms with Gasteiger partial charge in [0, 0.05) is 55.2 Å². The molecule has 0 saturated carbocycles. The molecular formula is C41H72N6O2. The van der Waals surface area contributed by atoms with E-state index in [4.69, 9.17) is 9.47 Å². The molecule has 49 heavy (non-hydrogen) atoms. The van der Waals surface area contributed by atoms with Gasteiger partial charge in [-0.1, -0.05) is 50.2 Å². The van der Waals surface area contributed by atoms with Crippen molar-refractivity contribution in [2.24, 2.45) is 5.92 Å². The summed E-state index contributed by atoms with van der Waals surface area (Å²) in [4.78, 5) is 0. The first-order valence-corrected chi connectivity index (χ1v) is 19.5. The number of anilines is 2. The van der Waals surface area contributed by atoms with Crippen molar-refractivity contribution in [3.8, 4) is 0 Å². The van der Waals surface area contributed by atoms with Gasteiger partial charge in [-0.2, -0.15) is 0 Å². The Morgan fingerprint density at radius 3 is 1.57 bits per heavy atom. The molecule has 0 aromatic heterocycles. The van der Waals surface area contributed by atoms with Crippen LogP contribution >= 0.6 is 0 Å². The zero-order valence-corrected chi connectivity index (χ0v) is 31.9. The number of hydrogen-bond acceptors (Lipinski definition) is 8. The van der Waals surface area contributed by atoms with Crippen molar-refractivity contribution in [1.82, 2.24) is 21.3 Å². The molecular weight excluding hydrogens is 608 g/mol. The zero-order chi connectivity index (χ0) is 35.1. The molecule has 278 valence electrons. The molecule has 0 radical (unpaired) electrons. The second kappa shape index (κ2) is 24.9. The molecule has 4 aliphatic rings. The van der Waals surface area contributed by atoms with E-state index in [1.54, 1.807) is 0 Å². The molecule has 1 unspecified atom stereocenters. The van der Waals surface area contributed by atoms with Crippen LogP contribution in [-0.2, 0) is 9.47 Å². The Labute approximate surface area is 300 Å². The summed E-state index contributed by atoms with van der Waals surface area (Å²) in [5, 5.41) is 20.7. The van der Waals surface area contributed by atoms with Crippen LogP contribution < -0.4 is 31.9 Å². The van der Waals surface area contributed by atoms with Gasteiger partial charge in [0.25, 0.3) is 0 Å². The van der Waals surface area contributed by atoms with E-state index in [0.717, 1.165) is 32.9 Å². The highest BCUT2D eigenvalue weighted by atomic mass is 16.5. The number of benzene rings is 2. The van der Waals surface area contributed by atoms with Crippen molar-refractivity contribution < 1.29 is 9.47 Å². The summed E-state index contributed by atoms with van der Waals surface area (Å²) in [6.07, 6.45) is 10.8. The fourth-order valence-electron chi connectivity index (χ4n) is 6.53. The third-order valence-electron chi connectivity index (χ3n) is 9.38. The van der Waals surface area contributed by atoms with Crippen molar-refractivity contribution >= 4 is 11.4 Å². The second-order valence-corrected chi connectivity index (χ2v) is 14.9. The molecule has 0 amide bonds. The lowest BCUT2D eigenvalue weighted by atomic mass is 10.1. The van der Waals surface area contributed by atoms with E-state index in [2.05, 4.69) is 116 Å². The Bertz CT molecular complexity index is 1060. The minimum Gasteiger partial charge on any atom is -0.383 e. The summed E-state index contributed by atoms with van der Waals surface area (Å²) < 4.78 is 11.0. The standard InChI is InChI=1S/C13H20N2.C11H16N2.C9H19NO.C8H17NO/c1-10-5-3-6-11(2)13(10)15-9-12-7-4-8-14-12;1-2-5-10(6-3-1)13-9-11-7-4-8-12-11;1-8(2)6-11-7-9-4-3-5-10-9;1-7(2)10-6-8-4-3-5-9-8/h3,5-6,12,14-15H,4,7-9H2,1-2H3;1-3,5-6,11-13H,4,7-9H2;8-10H,3-7H2,1-2H3;7-9H,3-6H2,1-2H3/t;11-;9-;8-/m.000/s1. The highest BCUT2D eigenvalue weighted by Gasteiger charge is 2.16. The van der Waals surface area contributed by atoms with Crippen LogP contribution in [-0.4, -0.2) is 89.4 Å². The quantitative estimate of drug-likeness (QED) is 0.136. The third-order valence-corrected chi connectivity index (χ3v) is 9.38. The van der Waals surface area contributed by atoms with Crippen molar-refractivity contribution in [3.05, 3.63) is 59.7 Å². The maximum Gasteiger partial charge on any atom is 0.0623 e. The summed E-state index contributed by atoms with van der Waals surface area (Å²) in [6.45, 7) is 22.3. The van der Waals surface area contributed by atoms with E-state index in [1.807, 2.05) is 6.07 Å². The molecule has 8 heteroatoms. The van der Waals surface area contributed by atoms with Crippen LogP contribution in [0.25, 0.3) is 0 Å². The first kappa shape index (κ1) is 41.2. The maximum atomic E-state index is 5.52. The third kappa shape index (κ3) is 18.6. The first-order chi connectivity index (χ1) is 23.8. The fourth-order valence-corrected chi connectivity index (χ4v) is 6.53. The summed E-state index contributed by atoms with van der Waals surface area (Å²) in [5.41, 5.74) is 5.21. The summed E-state index contributed by atoms with van der Waals surface area (Å²) in [5.74, 6) is 0.663. The van der Waals surface area contributed by atoms with Gasteiger partial charge in [-0.05, 0) is 134 Å². The number of hydrogen-bond donors (Lipinski definition) is 6. The molecule has 2 aromatic carbocycles. The molecule has 4 atom stereocenters. The molecule has 0 aliphatic carbocycles. The second-order valence-electron chi connectivity index (χ2n) is 14.9. The highest BCUT2D eigenvalue weighted by molar-refractivity contribution is 5.56. The number of ether oxygens (including phenoxy) is 2. The lowest BCUT2D eigenvalue weighted by Crippen LogP contribution is -2.29. The SMILES string of the molecule is CC(C)COC[C@@H]1CCCN1.CC(C)OC[C@@H]1CCCN1.Cc1cccc(C)c1NCC1CCCN1.c1ccc(NC[C@@H]2CCCN2)cc1. The molecule has 2 aromatic rings. The Morgan fingerprint density at radius 1 is 0.612 bits per heavy atom. The maximum absolute atomic E-state index is 5.52. The lowest BCUT2D eigenvalue weighted by Gasteiger charge is -2.16. The van der Waals surface area contributed by atoms with Crippen LogP contribution in [0.5, 0.6) is 0 Å². The van der Waals surface area contributed by atoms with Crippen LogP contribution in [0.1, 0.15) is 90.2 Å². The molecule has 0 bridgehead atoms. The minimum atomic E-state index is 0.377. The largest absolute Gasteiger partial charge is 0.383 e. The van der Waals surface area contributed by atoms with E-state index >= 15 is 0 Å². The molecule has 4 fully saturated rings. The average Bonchev–Trinajstić information content (AvgIpc) is 3.93. The molecule has 0 spiro atoms. The normalized spacial score (nSPS) is 22.9. The average molecular weight is 681 g/mol. The molecule has 4 heterocycles. The van der Waals surface area contributed by atoms with Gasteiger partial charge < -0.3 is 41.4 Å². The Hall–Kier alpha value is -2.20. The molecule has 8 nitrogen and oxygen atoms in total. The van der Waals surface area contributed by atoms with Crippen molar-refractivity contribution in [3.63, 3.8) is 0 Å². The Kier molecular flexibility index (Phi) is 20.9. The fraction of sp³-hybridized carbons (Fsp3) is 0.707. The van der Waals surface area contributed by atoms with E-state index in [-0.39, 0.29) is 0 Å². The van der Waals surface area contributed by atoms with E-state index in [9.17, 15) is 0 Å². The van der Waals surface area contributed by atoms with E-state index < -0.39 is 0 Å². The van der Waals surface area contributed by atoms with Gasteiger partial charge in [-0.3, -0.25) is 0 Å². The van der Waals surface area contributed by atoms with Gasteiger partial charge in [0.2, 0.25) is 0 Å². The van der Waals surface area contributed by atoms with Crippen LogP contribution in [0, 0.1) is 19.8 Å². The molecule has 6 N–H and O–H groups in total. The van der Waals surface area contributed by atoms with E-state index in [0.29, 0.717) is 36.2 Å². The number of aryl methyl sites for hydroxylation is 2. The lowest BCUT2D eigenvalue weighted by molar-refractivity contribution is 0.0649. The summed E-state index contributed by atoms with van der Waals surface area (Å²) in [7, 11) is 0. The van der Waals surface area contributed by atoms with Crippen molar-refractivity contribution in [2.45, 2.75) is 123 Å². The van der Waals surface area contributed by atoms with E-state index in [1.165, 1.54) is 100 Å². The van der Waals surface area contributed by atoms with Gasteiger partial charge in [0.05, 0.1) is 19.3 Å². The van der Waals surface area contributed by atoms with Crippen LogP contribution in [0.4, 0.5) is 11.4 Å².